The minimum atomic E-state index is -4.05. The molecule has 7 heteroatoms. The van der Waals surface area contributed by atoms with E-state index in [2.05, 4.69) is 37.6 Å². The predicted molar refractivity (Wildman–Crippen MR) is 125 cm³/mol. The molecule has 166 valence electrons. The lowest BCUT2D eigenvalue weighted by atomic mass is 9.99. The van der Waals surface area contributed by atoms with Gasteiger partial charge in [0.15, 0.2) is 0 Å². The van der Waals surface area contributed by atoms with Gasteiger partial charge in [-0.05, 0) is 66.8 Å². The van der Waals surface area contributed by atoms with E-state index in [-0.39, 0.29) is 4.90 Å². The van der Waals surface area contributed by atoms with Crippen LogP contribution in [0.15, 0.2) is 65.6 Å². The number of amides is 1. The highest BCUT2D eigenvalue weighted by molar-refractivity contribution is 7.90. The van der Waals surface area contributed by atoms with Crippen molar-refractivity contribution in [3.63, 3.8) is 0 Å². The largest absolute Gasteiger partial charge is 0.399 e. The van der Waals surface area contributed by atoms with Gasteiger partial charge in [0, 0.05) is 18.8 Å². The maximum Gasteiger partial charge on any atom is 0.264 e. The van der Waals surface area contributed by atoms with Crippen molar-refractivity contribution in [1.82, 2.24) is 9.62 Å². The van der Waals surface area contributed by atoms with Gasteiger partial charge in [0.05, 0.1) is 4.90 Å². The fourth-order valence-corrected chi connectivity index (χ4v) is 5.54. The first kappa shape index (κ1) is 22.0. The third-order valence-electron chi connectivity index (χ3n) is 5.94. The third-order valence-corrected chi connectivity index (χ3v) is 7.29. The summed E-state index contributed by atoms with van der Waals surface area (Å²) < 4.78 is 28.0. The van der Waals surface area contributed by atoms with Crippen molar-refractivity contribution >= 4 is 21.6 Å². The second-order valence-electron chi connectivity index (χ2n) is 8.43. The summed E-state index contributed by atoms with van der Waals surface area (Å²) >= 11 is 0. The van der Waals surface area contributed by atoms with E-state index < -0.39 is 22.0 Å². The van der Waals surface area contributed by atoms with E-state index in [1.165, 1.54) is 17.7 Å². The van der Waals surface area contributed by atoms with Crippen molar-refractivity contribution in [2.45, 2.75) is 44.8 Å². The maximum atomic E-state index is 13.3. The molecule has 3 N–H and O–H groups in total. The van der Waals surface area contributed by atoms with Crippen LogP contribution in [0, 0.1) is 20.8 Å². The summed E-state index contributed by atoms with van der Waals surface area (Å²) in [6.07, 6.45) is 0. The van der Waals surface area contributed by atoms with Crippen LogP contribution >= 0.6 is 0 Å². The van der Waals surface area contributed by atoms with Gasteiger partial charge in [-0.15, -0.1) is 0 Å². The summed E-state index contributed by atoms with van der Waals surface area (Å²) in [7, 11) is -4.05. The fourth-order valence-electron chi connectivity index (χ4n) is 4.50. The van der Waals surface area contributed by atoms with Gasteiger partial charge in [0.1, 0.15) is 6.04 Å². The van der Waals surface area contributed by atoms with Crippen LogP contribution in [0.25, 0.3) is 0 Å². The van der Waals surface area contributed by atoms with Crippen molar-refractivity contribution in [2.24, 2.45) is 0 Å². The molecule has 1 unspecified atom stereocenters. The van der Waals surface area contributed by atoms with Crippen LogP contribution in [0.3, 0.4) is 0 Å². The van der Waals surface area contributed by atoms with Crippen molar-refractivity contribution in [2.75, 3.05) is 5.73 Å². The molecule has 1 aliphatic rings. The SMILES string of the molecule is Cc1cc(C)c(CN2Cc3ccccc3C2C(=O)NS(=O)(=O)c2cccc(N)c2)c(C)c1. The first-order chi connectivity index (χ1) is 15.2. The lowest BCUT2D eigenvalue weighted by Crippen LogP contribution is -2.40. The number of aryl methyl sites for hydroxylation is 3. The minimum absolute atomic E-state index is 0.0334. The molecule has 0 bridgehead atoms. The highest BCUT2D eigenvalue weighted by atomic mass is 32.2. The molecule has 0 saturated heterocycles. The molecule has 6 nitrogen and oxygen atoms in total. The Balaban J connectivity index is 1.67. The topological polar surface area (TPSA) is 92.5 Å². The van der Waals surface area contributed by atoms with Crippen molar-refractivity contribution in [3.05, 3.63) is 94.0 Å². The average molecular weight is 450 g/mol. The van der Waals surface area contributed by atoms with Crippen LogP contribution in [0.1, 0.15) is 39.4 Å². The number of sulfonamides is 1. The number of nitrogens with one attached hydrogen (secondary N) is 1. The van der Waals surface area contributed by atoms with Gasteiger partial charge in [-0.3, -0.25) is 9.69 Å². The van der Waals surface area contributed by atoms with Crippen LogP contribution in [-0.2, 0) is 27.9 Å². The molecule has 1 aliphatic heterocycles. The number of fused-ring (bicyclic) bond motifs is 1. The Hall–Kier alpha value is -3.16. The van der Waals surface area contributed by atoms with E-state index >= 15 is 0 Å². The number of nitrogen functional groups attached to an aromatic ring is 1. The van der Waals surface area contributed by atoms with Gasteiger partial charge in [-0.2, -0.15) is 0 Å². The molecule has 0 fully saturated rings. The molecule has 1 heterocycles. The Kier molecular flexibility index (Phi) is 5.79. The van der Waals surface area contributed by atoms with E-state index in [4.69, 9.17) is 5.73 Å². The molecule has 1 atom stereocenters. The molecule has 0 radical (unpaired) electrons. The molecular formula is C25H27N3O3S. The Bertz CT molecular complexity index is 1280. The molecule has 1 amide bonds. The maximum absolute atomic E-state index is 13.3. The molecule has 0 spiro atoms. The van der Waals surface area contributed by atoms with Crippen LogP contribution in [0.2, 0.25) is 0 Å². The zero-order chi connectivity index (χ0) is 23.0. The molecule has 32 heavy (non-hydrogen) atoms. The van der Waals surface area contributed by atoms with E-state index in [1.54, 1.807) is 12.1 Å². The molecule has 0 aromatic heterocycles. The third kappa shape index (κ3) is 4.26. The first-order valence-corrected chi connectivity index (χ1v) is 11.9. The van der Waals surface area contributed by atoms with Gasteiger partial charge in [0.2, 0.25) is 0 Å². The normalized spacial score (nSPS) is 16.0. The number of benzene rings is 3. The van der Waals surface area contributed by atoms with Crippen molar-refractivity contribution in [1.29, 1.82) is 0 Å². The Labute approximate surface area is 189 Å². The number of hydrogen-bond donors (Lipinski definition) is 2. The number of carbonyl (C=O) groups excluding carboxylic acids is 1. The summed E-state index contributed by atoms with van der Waals surface area (Å²) in [5, 5.41) is 0. The van der Waals surface area contributed by atoms with Gasteiger partial charge >= 0.3 is 0 Å². The number of nitrogens with zero attached hydrogens (tertiary/aromatic N) is 1. The molecule has 0 saturated carbocycles. The van der Waals surface area contributed by atoms with E-state index in [0.29, 0.717) is 18.8 Å². The Morgan fingerprint density at radius 1 is 1.03 bits per heavy atom. The number of nitrogens with two attached hydrogens (primary N) is 1. The van der Waals surface area contributed by atoms with E-state index in [0.717, 1.165) is 27.8 Å². The van der Waals surface area contributed by atoms with Crippen LogP contribution in [-0.4, -0.2) is 19.2 Å². The zero-order valence-corrected chi connectivity index (χ0v) is 19.2. The van der Waals surface area contributed by atoms with Crippen LogP contribution in [0.5, 0.6) is 0 Å². The fraction of sp³-hybridized carbons (Fsp3) is 0.240. The average Bonchev–Trinajstić information content (AvgIpc) is 3.08. The molecule has 3 aromatic carbocycles. The number of anilines is 1. The number of hydrogen-bond acceptors (Lipinski definition) is 5. The zero-order valence-electron chi connectivity index (χ0n) is 18.4. The standard InChI is InChI=1S/C25H27N3O3S/c1-16-11-17(2)23(18(3)12-16)15-28-14-19-7-4-5-10-22(19)24(28)25(29)27-32(30,31)21-9-6-8-20(26)13-21/h4-13,24H,14-15,26H2,1-3H3,(H,27,29). The highest BCUT2D eigenvalue weighted by Crippen LogP contribution is 2.36. The summed E-state index contributed by atoms with van der Waals surface area (Å²) in [4.78, 5) is 15.3. The quantitative estimate of drug-likeness (QED) is 0.579. The Morgan fingerprint density at radius 2 is 1.72 bits per heavy atom. The molecule has 0 aliphatic carbocycles. The second kappa shape index (κ2) is 8.41. The van der Waals surface area contributed by atoms with Gasteiger partial charge in [-0.25, -0.2) is 13.1 Å². The van der Waals surface area contributed by atoms with Gasteiger partial charge < -0.3 is 5.73 Å². The summed E-state index contributed by atoms with van der Waals surface area (Å²) in [6, 6.07) is 17.1. The molecular weight excluding hydrogens is 422 g/mol. The monoisotopic (exact) mass is 449 g/mol. The predicted octanol–water partition coefficient (Wildman–Crippen LogP) is 3.76. The van der Waals surface area contributed by atoms with E-state index in [9.17, 15) is 13.2 Å². The summed E-state index contributed by atoms with van der Waals surface area (Å²) in [5.41, 5.74) is 12.6. The van der Waals surface area contributed by atoms with Crippen LogP contribution < -0.4 is 10.5 Å². The van der Waals surface area contributed by atoms with Gasteiger partial charge in [0.25, 0.3) is 15.9 Å². The summed E-state index contributed by atoms with van der Waals surface area (Å²) in [5.74, 6) is -0.570. The van der Waals surface area contributed by atoms with Crippen molar-refractivity contribution < 1.29 is 13.2 Å². The van der Waals surface area contributed by atoms with E-state index in [1.807, 2.05) is 29.2 Å². The summed E-state index contributed by atoms with van der Waals surface area (Å²) in [6.45, 7) is 7.31. The number of rotatable bonds is 5. The van der Waals surface area contributed by atoms with Gasteiger partial charge in [-0.1, -0.05) is 48.0 Å². The highest BCUT2D eigenvalue weighted by Gasteiger charge is 2.37. The molecule has 3 aromatic rings. The number of carbonyl (C=O) groups is 1. The Morgan fingerprint density at radius 3 is 2.41 bits per heavy atom. The first-order valence-electron chi connectivity index (χ1n) is 10.5. The molecule has 4 rings (SSSR count). The van der Waals surface area contributed by atoms with Crippen LogP contribution in [0.4, 0.5) is 5.69 Å². The lowest BCUT2D eigenvalue weighted by Gasteiger charge is -2.26. The smallest absolute Gasteiger partial charge is 0.264 e. The second-order valence-corrected chi connectivity index (χ2v) is 10.1. The minimum Gasteiger partial charge on any atom is -0.399 e. The van der Waals surface area contributed by atoms with Crippen molar-refractivity contribution in [3.8, 4) is 0 Å². The lowest BCUT2D eigenvalue weighted by molar-refractivity contribution is -0.124.